The molecule has 0 aromatic carbocycles. The topological polar surface area (TPSA) is 18.5 Å². The summed E-state index contributed by atoms with van der Waals surface area (Å²) in [5, 5.41) is 3.70. The molecule has 3 aliphatic heterocycles. The van der Waals surface area contributed by atoms with E-state index in [2.05, 4.69) is 22.0 Å². The van der Waals surface area contributed by atoms with E-state index in [0.29, 0.717) is 0 Å². The first-order valence-corrected chi connectivity index (χ1v) is 8.60. The van der Waals surface area contributed by atoms with Gasteiger partial charge in [0.1, 0.15) is 0 Å². The lowest BCUT2D eigenvalue weighted by Crippen LogP contribution is -2.50. The summed E-state index contributed by atoms with van der Waals surface area (Å²) in [6, 6.07) is 2.52. The van der Waals surface area contributed by atoms with E-state index in [1.54, 1.807) is 0 Å². The molecular weight excluding hydrogens is 234 g/mol. The van der Waals surface area contributed by atoms with Gasteiger partial charge in [-0.3, -0.25) is 9.80 Å². The van der Waals surface area contributed by atoms with Gasteiger partial charge in [-0.05, 0) is 64.7 Å². The molecule has 1 N–H and O–H groups in total. The molecular formula is C16H31N3. The van der Waals surface area contributed by atoms with Crippen molar-refractivity contribution < 1.29 is 0 Å². The second-order valence-electron chi connectivity index (χ2n) is 6.69. The fourth-order valence-corrected chi connectivity index (χ4v) is 4.45. The SMILES string of the molecule is CCC1CCN(C2CCN3CCCCC23)CCCN1. The molecule has 0 radical (unpaired) electrons. The van der Waals surface area contributed by atoms with E-state index in [9.17, 15) is 0 Å². The van der Waals surface area contributed by atoms with Gasteiger partial charge in [0.2, 0.25) is 0 Å². The minimum atomic E-state index is 0.756. The van der Waals surface area contributed by atoms with Gasteiger partial charge in [-0.1, -0.05) is 13.3 Å². The van der Waals surface area contributed by atoms with E-state index in [1.807, 2.05) is 0 Å². The zero-order valence-electron chi connectivity index (χ0n) is 12.6. The van der Waals surface area contributed by atoms with Crippen molar-refractivity contribution in [3.05, 3.63) is 0 Å². The van der Waals surface area contributed by atoms with E-state index in [-0.39, 0.29) is 0 Å². The Morgan fingerprint density at radius 1 is 0.842 bits per heavy atom. The normalized spacial score (nSPS) is 38.7. The molecule has 19 heavy (non-hydrogen) atoms. The van der Waals surface area contributed by atoms with Crippen molar-refractivity contribution in [1.29, 1.82) is 0 Å². The summed E-state index contributed by atoms with van der Waals surface area (Å²) in [6.07, 6.45) is 9.74. The number of nitrogens with one attached hydrogen (secondary N) is 1. The van der Waals surface area contributed by atoms with E-state index in [1.165, 1.54) is 77.7 Å². The standard InChI is InChI=1S/C16H31N3/c1-2-14-7-12-19(11-5-9-17-14)16-8-13-18-10-4-3-6-15(16)18/h14-17H,2-13H2,1H3. The van der Waals surface area contributed by atoms with Crippen LogP contribution in [-0.2, 0) is 0 Å². The molecule has 0 bridgehead atoms. The fraction of sp³-hybridized carbons (Fsp3) is 1.00. The van der Waals surface area contributed by atoms with Gasteiger partial charge in [0.05, 0.1) is 0 Å². The largest absolute Gasteiger partial charge is 0.314 e. The summed E-state index contributed by atoms with van der Waals surface area (Å²) >= 11 is 0. The molecule has 0 aromatic heterocycles. The van der Waals surface area contributed by atoms with Crippen LogP contribution in [-0.4, -0.2) is 60.6 Å². The first kappa shape index (κ1) is 13.8. The van der Waals surface area contributed by atoms with Gasteiger partial charge >= 0.3 is 0 Å². The molecule has 0 saturated carbocycles. The molecule has 3 atom stereocenters. The molecule has 110 valence electrons. The Bertz CT molecular complexity index is 281. The highest BCUT2D eigenvalue weighted by atomic mass is 15.3. The summed E-state index contributed by atoms with van der Waals surface area (Å²) in [5.41, 5.74) is 0. The number of rotatable bonds is 2. The molecule has 0 amide bonds. The lowest BCUT2D eigenvalue weighted by Gasteiger charge is -2.39. The fourth-order valence-electron chi connectivity index (χ4n) is 4.45. The van der Waals surface area contributed by atoms with Crippen LogP contribution in [0.3, 0.4) is 0 Å². The molecule has 3 nitrogen and oxygen atoms in total. The third-order valence-corrected chi connectivity index (χ3v) is 5.60. The summed E-state index contributed by atoms with van der Waals surface area (Å²) in [4.78, 5) is 5.63. The number of nitrogens with zero attached hydrogens (tertiary/aromatic N) is 2. The summed E-state index contributed by atoms with van der Waals surface area (Å²) in [6.45, 7) is 8.91. The van der Waals surface area contributed by atoms with Crippen molar-refractivity contribution in [1.82, 2.24) is 15.1 Å². The van der Waals surface area contributed by atoms with Crippen LogP contribution >= 0.6 is 0 Å². The Morgan fingerprint density at radius 3 is 2.42 bits per heavy atom. The maximum absolute atomic E-state index is 3.70. The van der Waals surface area contributed by atoms with Crippen LogP contribution in [0.2, 0.25) is 0 Å². The van der Waals surface area contributed by atoms with Gasteiger partial charge in [0, 0.05) is 24.7 Å². The Labute approximate surface area is 118 Å². The van der Waals surface area contributed by atoms with Crippen molar-refractivity contribution in [3.63, 3.8) is 0 Å². The smallest absolute Gasteiger partial charge is 0.0263 e. The number of piperidine rings is 1. The zero-order chi connectivity index (χ0) is 13.1. The van der Waals surface area contributed by atoms with Gasteiger partial charge in [-0.2, -0.15) is 0 Å². The van der Waals surface area contributed by atoms with E-state index in [0.717, 1.165) is 18.1 Å². The monoisotopic (exact) mass is 265 g/mol. The number of hydrogen-bond acceptors (Lipinski definition) is 3. The van der Waals surface area contributed by atoms with E-state index < -0.39 is 0 Å². The summed E-state index contributed by atoms with van der Waals surface area (Å²) in [7, 11) is 0. The Kier molecular flexibility index (Phi) is 4.78. The zero-order valence-corrected chi connectivity index (χ0v) is 12.6. The highest BCUT2D eigenvalue weighted by Crippen LogP contribution is 2.31. The predicted molar refractivity (Wildman–Crippen MR) is 80.5 cm³/mol. The molecule has 3 aliphatic rings. The second kappa shape index (κ2) is 6.55. The molecule has 3 saturated heterocycles. The lowest BCUT2D eigenvalue weighted by atomic mass is 9.96. The second-order valence-corrected chi connectivity index (χ2v) is 6.69. The van der Waals surface area contributed by atoms with E-state index in [4.69, 9.17) is 0 Å². The van der Waals surface area contributed by atoms with Gasteiger partial charge in [-0.25, -0.2) is 0 Å². The minimum absolute atomic E-state index is 0.756. The summed E-state index contributed by atoms with van der Waals surface area (Å²) in [5.74, 6) is 0. The average Bonchev–Trinajstić information content (AvgIpc) is 2.83. The first-order valence-electron chi connectivity index (χ1n) is 8.60. The van der Waals surface area contributed by atoms with E-state index >= 15 is 0 Å². The Hall–Kier alpha value is -0.120. The third kappa shape index (κ3) is 3.14. The molecule has 0 aromatic rings. The third-order valence-electron chi connectivity index (χ3n) is 5.60. The minimum Gasteiger partial charge on any atom is -0.314 e. The Morgan fingerprint density at radius 2 is 1.58 bits per heavy atom. The molecule has 3 unspecified atom stereocenters. The molecule has 3 rings (SSSR count). The number of fused-ring (bicyclic) bond motifs is 1. The van der Waals surface area contributed by atoms with Crippen molar-refractivity contribution in [2.45, 2.75) is 70.0 Å². The first-order chi connectivity index (χ1) is 9.38. The van der Waals surface area contributed by atoms with Gasteiger partial charge in [-0.15, -0.1) is 0 Å². The highest BCUT2D eigenvalue weighted by molar-refractivity contribution is 4.95. The maximum Gasteiger partial charge on any atom is 0.0263 e. The molecule has 3 fully saturated rings. The molecule has 3 heterocycles. The lowest BCUT2D eigenvalue weighted by molar-refractivity contribution is 0.104. The van der Waals surface area contributed by atoms with Crippen molar-refractivity contribution >= 4 is 0 Å². The predicted octanol–water partition coefficient (Wildman–Crippen LogP) is 2.08. The van der Waals surface area contributed by atoms with Crippen molar-refractivity contribution in [2.75, 3.05) is 32.7 Å². The quantitative estimate of drug-likeness (QED) is 0.825. The average molecular weight is 265 g/mol. The van der Waals surface area contributed by atoms with Crippen molar-refractivity contribution in [2.24, 2.45) is 0 Å². The molecule has 0 aliphatic carbocycles. The van der Waals surface area contributed by atoms with Crippen LogP contribution in [0.25, 0.3) is 0 Å². The van der Waals surface area contributed by atoms with Crippen LogP contribution < -0.4 is 5.32 Å². The van der Waals surface area contributed by atoms with Crippen LogP contribution in [0.5, 0.6) is 0 Å². The molecule has 3 heteroatoms. The van der Waals surface area contributed by atoms with Crippen LogP contribution in [0.4, 0.5) is 0 Å². The Balaban J connectivity index is 1.60. The highest BCUT2D eigenvalue weighted by Gasteiger charge is 2.38. The van der Waals surface area contributed by atoms with Gasteiger partial charge in [0.15, 0.2) is 0 Å². The van der Waals surface area contributed by atoms with Gasteiger partial charge < -0.3 is 5.32 Å². The summed E-state index contributed by atoms with van der Waals surface area (Å²) < 4.78 is 0. The number of hydrogen-bond donors (Lipinski definition) is 1. The molecule has 0 spiro atoms. The maximum atomic E-state index is 3.70. The van der Waals surface area contributed by atoms with Crippen LogP contribution in [0.15, 0.2) is 0 Å². The van der Waals surface area contributed by atoms with Crippen molar-refractivity contribution in [3.8, 4) is 0 Å². The van der Waals surface area contributed by atoms with Gasteiger partial charge in [0.25, 0.3) is 0 Å². The van der Waals surface area contributed by atoms with Crippen LogP contribution in [0, 0.1) is 0 Å². The van der Waals surface area contributed by atoms with Crippen LogP contribution in [0.1, 0.15) is 51.9 Å².